The number of ether oxygens (including phenoxy) is 2. The van der Waals surface area contributed by atoms with Crippen LogP contribution in [0.3, 0.4) is 0 Å². The molecule has 0 aliphatic carbocycles. The second-order valence-electron chi connectivity index (χ2n) is 3.16. The Kier molecular flexibility index (Phi) is 5.62. The number of aromatic nitrogens is 3. The van der Waals surface area contributed by atoms with Gasteiger partial charge in [0.15, 0.2) is 5.16 Å². The van der Waals surface area contributed by atoms with Gasteiger partial charge in [0.25, 0.3) is 0 Å². The summed E-state index contributed by atoms with van der Waals surface area (Å²) in [5.74, 6) is 1.87. The van der Waals surface area contributed by atoms with Gasteiger partial charge in [-0.25, -0.2) is 0 Å². The number of alkyl halides is 1. The average molecular weight is 264 g/mol. The lowest BCUT2D eigenvalue weighted by molar-refractivity contribution is 0.332. The van der Waals surface area contributed by atoms with Crippen LogP contribution in [0.2, 0.25) is 0 Å². The number of hydrogen-bond donors (Lipinski definition) is 0. The highest BCUT2D eigenvalue weighted by atomic mass is 35.5. The lowest BCUT2D eigenvalue weighted by atomic mass is 10.3. The molecule has 0 saturated carbocycles. The van der Waals surface area contributed by atoms with Crippen LogP contribution in [-0.4, -0.2) is 40.8 Å². The minimum atomic E-state index is 0.257. The van der Waals surface area contributed by atoms with Crippen LogP contribution in [0.15, 0.2) is 5.16 Å². The van der Waals surface area contributed by atoms with Crippen LogP contribution in [0.5, 0.6) is 12.0 Å². The van der Waals surface area contributed by atoms with Gasteiger partial charge in [0.1, 0.15) is 0 Å². The molecule has 1 atom stereocenters. The van der Waals surface area contributed by atoms with Gasteiger partial charge < -0.3 is 9.47 Å². The molecule has 16 heavy (non-hydrogen) atoms. The summed E-state index contributed by atoms with van der Waals surface area (Å²) in [5.41, 5.74) is 0. The molecule has 5 nitrogen and oxygen atoms in total. The van der Waals surface area contributed by atoms with E-state index in [1.54, 1.807) is 0 Å². The van der Waals surface area contributed by atoms with E-state index in [4.69, 9.17) is 21.1 Å². The maximum atomic E-state index is 5.72. The Bertz CT molecular complexity index is 318. The van der Waals surface area contributed by atoms with Crippen molar-refractivity contribution in [2.45, 2.75) is 12.1 Å². The molecule has 1 aromatic rings. The van der Waals surface area contributed by atoms with Crippen LogP contribution >= 0.6 is 23.4 Å². The van der Waals surface area contributed by atoms with E-state index in [0.29, 0.717) is 17.0 Å². The highest BCUT2D eigenvalue weighted by Gasteiger charge is 2.09. The second-order valence-corrected chi connectivity index (χ2v) is 4.46. The van der Waals surface area contributed by atoms with Crippen molar-refractivity contribution in [3.05, 3.63) is 0 Å². The number of nitrogens with zero attached hydrogens (tertiary/aromatic N) is 3. The number of halogens is 1. The van der Waals surface area contributed by atoms with Crippen LogP contribution in [0.1, 0.15) is 6.92 Å². The molecule has 0 radical (unpaired) electrons. The molecule has 0 saturated heterocycles. The fourth-order valence-electron chi connectivity index (χ4n) is 0.829. The first-order chi connectivity index (χ1) is 7.69. The molecule has 0 spiro atoms. The van der Waals surface area contributed by atoms with Gasteiger partial charge in [-0.3, -0.25) is 0 Å². The van der Waals surface area contributed by atoms with Gasteiger partial charge in [0, 0.05) is 11.6 Å². The van der Waals surface area contributed by atoms with Crippen molar-refractivity contribution < 1.29 is 9.47 Å². The van der Waals surface area contributed by atoms with Gasteiger partial charge in [-0.15, -0.1) is 16.6 Å². The fourth-order valence-corrected chi connectivity index (χ4v) is 1.90. The van der Waals surface area contributed by atoms with E-state index in [1.807, 2.05) is 0 Å². The molecule has 0 fully saturated rings. The second kappa shape index (κ2) is 6.75. The number of methoxy groups -OCH3 is 2. The SMILES string of the molecule is COc1nc(OC)nc(SCC(C)CCl)n1. The molecule has 0 aliphatic rings. The molecule has 0 aliphatic heterocycles. The van der Waals surface area contributed by atoms with Gasteiger partial charge in [0.05, 0.1) is 14.2 Å². The maximum Gasteiger partial charge on any atom is 0.323 e. The zero-order valence-electron chi connectivity index (χ0n) is 9.44. The molecular formula is C9H14ClN3O2S. The molecule has 0 bridgehead atoms. The molecule has 0 aromatic carbocycles. The minimum Gasteiger partial charge on any atom is -0.467 e. The quantitative estimate of drug-likeness (QED) is 0.577. The van der Waals surface area contributed by atoms with Gasteiger partial charge in [0.2, 0.25) is 0 Å². The molecule has 1 aromatic heterocycles. The molecule has 1 heterocycles. The van der Waals surface area contributed by atoms with Crippen LogP contribution in [0.25, 0.3) is 0 Å². The summed E-state index contributed by atoms with van der Waals surface area (Å²) in [6.45, 7) is 2.07. The lowest BCUT2D eigenvalue weighted by Crippen LogP contribution is -2.03. The number of thioether (sulfide) groups is 1. The third-order valence-electron chi connectivity index (χ3n) is 1.70. The molecule has 90 valence electrons. The van der Waals surface area contributed by atoms with Gasteiger partial charge in [-0.2, -0.15) is 9.97 Å². The van der Waals surface area contributed by atoms with Gasteiger partial charge >= 0.3 is 12.0 Å². The fraction of sp³-hybridized carbons (Fsp3) is 0.667. The Morgan fingerprint density at radius 2 is 1.75 bits per heavy atom. The van der Waals surface area contributed by atoms with E-state index in [9.17, 15) is 0 Å². The monoisotopic (exact) mass is 263 g/mol. The Labute approximate surface area is 104 Å². The van der Waals surface area contributed by atoms with Crippen molar-refractivity contribution in [3.8, 4) is 12.0 Å². The van der Waals surface area contributed by atoms with Crippen molar-refractivity contribution in [2.75, 3.05) is 25.9 Å². The van der Waals surface area contributed by atoms with E-state index in [-0.39, 0.29) is 12.0 Å². The first kappa shape index (κ1) is 13.3. The van der Waals surface area contributed by atoms with E-state index >= 15 is 0 Å². The highest BCUT2D eigenvalue weighted by molar-refractivity contribution is 7.99. The maximum absolute atomic E-state index is 5.72. The van der Waals surface area contributed by atoms with Gasteiger partial charge in [-0.05, 0) is 5.92 Å². The van der Waals surface area contributed by atoms with E-state index in [1.165, 1.54) is 26.0 Å². The largest absolute Gasteiger partial charge is 0.467 e. The van der Waals surface area contributed by atoms with E-state index < -0.39 is 0 Å². The minimum absolute atomic E-state index is 0.257. The summed E-state index contributed by atoms with van der Waals surface area (Å²) in [6, 6.07) is 0.515. The van der Waals surface area contributed by atoms with E-state index in [0.717, 1.165) is 5.75 Å². The third kappa shape index (κ3) is 4.02. The van der Waals surface area contributed by atoms with Crippen molar-refractivity contribution in [1.29, 1.82) is 0 Å². The summed E-state index contributed by atoms with van der Waals surface area (Å²) in [6.07, 6.45) is 0. The highest BCUT2D eigenvalue weighted by Crippen LogP contribution is 2.20. The Balaban J connectivity index is 2.71. The molecule has 0 amide bonds. The normalized spacial score (nSPS) is 12.2. The molecular weight excluding hydrogens is 250 g/mol. The predicted molar refractivity (Wildman–Crippen MR) is 63.5 cm³/mol. The zero-order valence-corrected chi connectivity index (χ0v) is 11.0. The van der Waals surface area contributed by atoms with Gasteiger partial charge in [-0.1, -0.05) is 18.7 Å². The topological polar surface area (TPSA) is 57.1 Å². The first-order valence-electron chi connectivity index (χ1n) is 4.72. The van der Waals surface area contributed by atoms with Crippen molar-refractivity contribution in [1.82, 2.24) is 15.0 Å². The van der Waals surface area contributed by atoms with Crippen LogP contribution in [-0.2, 0) is 0 Å². The summed E-state index contributed by atoms with van der Waals surface area (Å²) >= 11 is 7.22. The Morgan fingerprint density at radius 1 is 1.19 bits per heavy atom. The van der Waals surface area contributed by atoms with Crippen molar-refractivity contribution >= 4 is 23.4 Å². The number of rotatable bonds is 6. The molecule has 1 rings (SSSR count). The predicted octanol–water partition coefficient (Wildman–Crippen LogP) is 1.86. The molecule has 7 heteroatoms. The standard InChI is InChI=1S/C9H14ClN3O2S/c1-6(4-10)5-16-9-12-7(14-2)11-8(13-9)15-3/h6H,4-5H2,1-3H3. The van der Waals surface area contributed by atoms with Crippen molar-refractivity contribution in [3.63, 3.8) is 0 Å². The van der Waals surface area contributed by atoms with Crippen LogP contribution in [0.4, 0.5) is 0 Å². The summed E-state index contributed by atoms with van der Waals surface area (Å²) < 4.78 is 9.90. The lowest BCUT2D eigenvalue weighted by Gasteiger charge is -2.07. The zero-order chi connectivity index (χ0) is 12.0. The average Bonchev–Trinajstić information content (AvgIpc) is 2.35. The van der Waals surface area contributed by atoms with Crippen molar-refractivity contribution in [2.24, 2.45) is 5.92 Å². The Hall–Kier alpha value is -0.750. The van der Waals surface area contributed by atoms with E-state index in [2.05, 4.69) is 21.9 Å². The van der Waals surface area contributed by atoms with Crippen LogP contribution in [0, 0.1) is 5.92 Å². The summed E-state index contributed by atoms with van der Waals surface area (Å²) in [7, 11) is 3.01. The summed E-state index contributed by atoms with van der Waals surface area (Å²) in [4.78, 5) is 12.1. The number of hydrogen-bond acceptors (Lipinski definition) is 6. The smallest absolute Gasteiger partial charge is 0.323 e. The third-order valence-corrected chi connectivity index (χ3v) is 3.40. The molecule has 1 unspecified atom stereocenters. The Morgan fingerprint density at radius 3 is 2.19 bits per heavy atom. The summed E-state index contributed by atoms with van der Waals surface area (Å²) in [5, 5.41) is 0.584. The van der Waals surface area contributed by atoms with Crippen LogP contribution < -0.4 is 9.47 Å². The molecule has 0 N–H and O–H groups in total. The first-order valence-corrected chi connectivity index (χ1v) is 6.24.